The number of hydrogen-bond donors (Lipinski definition) is 3. The lowest BCUT2D eigenvalue weighted by Crippen LogP contribution is -2.54. The molecule has 3 rings (SSSR count). The quantitative estimate of drug-likeness (QED) is 0.678. The van der Waals surface area contributed by atoms with Crippen molar-refractivity contribution in [3.05, 3.63) is 29.8 Å². The van der Waals surface area contributed by atoms with Crippen LogP contribution in [0.5, 0.6) is 0 Å². The number of nitrogens with one attached hydrogen (secondary N) is 3. The van der Waals surface area contributed by atoms with Gasteiger partial charge in [-0.05, 0) is 24.5 Å². The van der Waals surface area contributed by atoms with Crippen molar-refractivity contribution in [2.45, 2.75) is 25.3 Å². The van der Waals surface area contributed by atoms with Gasteiger partial charge in [0.2, 0.25) is 17.7 Å². The van der Waals surface area contributed by atoms with Crippen LogP contribution in [0.15, 0.2) is 24.3 Å². The van der Waals surface area contributed by atoms with Gasteiger partial charge in [0.15, 0.2) is 0 Å². The minimum absolute atomic E-state index is 0.147. The summed E-state index contributed by atoms with van der Waals surface area (Å²) in [7, 11) is 0. The number of anilines is 1. The third kappa shape index (κ3) is 2.89. The molecule has 2 atom stereocenters. The van der Waals surface area contributed by atoms with Gasteiger partial charge in [-0.25, -0.2) is 0 Å². The standard InChI is InChI=1S/C15H17N3O3/c19-13-6-5-12(15(21)18-13)17-14(20)10-7-9-3-1-2-4-11(9)16-8-10/h1-4,10,12,16H,5-8H2,(H,17,20)(H,18,19,21). The number of piperidine rings is 1. The molecule has 0 radical (unpaired) electrons. The lowest BCUT2D eigenvalue weighted by molar-refractivity contribution is -0.138. The Bertz CT molecular complexity index is 600. The highest BCUT2D eigenvalue weighted by atomic mass is 16.2. The van der Waals surface area contributed by atoms with Crippen LogP contribution in [0.25, 0.3) is 0 Å². The lowest BCUT2D eigenvalue weighted by atomic mass is 9.92. The van der Waals surface area contributed by atoms with Gasteiger partial charge in [0, 0.05) is 18.7 Å². The second kappa shape index (κ2) is 5.55. The van der Waals surface area contributed by atoms with Gasteiger partial charge in [-0.3, -0.25) is 19.7 Å². The Hall–Kier alpha value is -2.37. The molecule has 2 aliphatic heterocycles. The van der Waals surface area contributed by atoms with Crippen LogP contribution < -0.4 is 16.0 Å². The Balaban J connectivity index is 1.62. The molecule has 1 aromatic rings. The van der Waals surface area contributed by atoms with E-state index in [1.807, 2.05) is 24.3 Å². The van der Waals surface area contributed by atoms with Crippen molar-refractivity contribution in [1.82, 2.24) is 10.6 Å². The van der Waals surface area contributed by atoms with Crippen molar-refractivity contribution in [3.63, 3.8) is 0 Å². The number of imide groups is 1. The monoisotopic (exact) mass is 287 g/mol. The molecular weight excluding hydrogens is 270 g/mol. The Morgan fingerprint density at radius 1 is 1.24 bits per heavy atom. The molecule has 3 N–H and O–H groups in total. The molecule has 2 aliphatic rings. The average molecular weight is 287 g/mol. The van der Waals surface area contributed by atoms with Crippen molar-refractivity contribution < 1.29 is 14.4 Å². The summed E-state index contributed by atoms with van der Waals surface area (Å²) < 4.78 is 0. The second-order valence-electron chi connectivity index (χ2n) is 5.45. The number of fused-ring (bicyclic) bond motifs is 1. The van der Waals surface area contributed by atoms with Crippen LogP contribution in [0.4, 0.5) is 5.69 Å². The van der Waals surface area contributed by atoms with Crippen LogP contribution in [-0.4, -0.2) is 30.3 Å². The Morgan fingerprint density at radius 3 is 2.86 bits per heavy atom. The van der Waals surface area contributed by atoms with Gasteiger partial charge in [-0.1, -0.05) is 18.2 Å². The maximum Gasteiger partial charge on any atom is 0.249 e. The number of para-hydroxylation sites is 1. The van der Waals surface area contributed by atoms with Crippen LogP contribution in [-0.2, 0) is 20.8 Å². The van der Waals surface area contributed by atoms with Crippen LogP contribution in [0.3, 0.4) is 0 Å². The molecule has 0 aromatic heterocycles. The molecule has 1 saturated heterocycles. The van der Waals surface area contributed by atoms with Crippen LogP contribution in [0.1, 0.15) is 18.4 Å². The number of carbonyl (C=O) groups is 3. The summed E-state index contributed by atoms with van der Waals surface area (Å²) in [6, 6.07) is 7.28. The van der Waals surface area contributed by atoms with Gasteiger partial charge in [0.05, 0.1) is 5.92 Å². The van der Waals surface area contributed by atoms with E-state index in [1.165, 1.54) is 0 Å². The van der Waals surface area contributed by atoms with E-state index in [1.54, 1.807) is 0 Å². The highest BCUT2D eigenvalue weighted by Gasteiger charge is 2.31. The molecular formula is C15H17N3O3. The van der Waals surface area contributed by atoms with E-state index in [0.29, 0.717) is 19.4 Å². The van der Waals surface area contributed by atoms with Gasteiger partial charge in [-0.2, -0.15) is 0 Å². The first kappa shape index (κ1) is 13.6. The minimum Gasteiger partial charge on any atom is -0.384 e. The molecule has 1 aromatic carbocycles. The topological polar surface area (TPSA) is 87.3 Å². The van der Waals surface area contributed by atoms with E-state index in [0.717, 1.165) is 11.3 Å². The summed E-state index contributed by atoms with van der Waals surface area (Å²) in [5.41, 5.74) is 2.16. The van der Waals surface area contributed by atoms with Gasteiger partial charge < -0.3 is 10.6 Å². The molecule has 21 heavy (non-hydrogen) atoms. The highest BCUT2D eigenvalue weighted by Crippen LogP contribution is 2.24. The zero-order valence-corrected chi connectivity index (χ0v) is 11.5. The summed E-state index contributed by atoms with van der Waals surface area (Å²) in [5.74, 6) is -1.04. The zero-order valence-electron chi connectivity index (χ0n) is 11.5. The predicted molar refractivity (Wildman–Crippen MR) is 76.4 cm³/mol. The Morgan fingerprint density at radius 2 is 2.05 bits per heavy atom. The average Bonchev–Trinajstić information content (AvgIpc) is 2.49. The molecule has 0 spiro atoms. The van der Waals surface area contributed by atoms with Crippen molar-refractivity contribution in [2.75, 3.05) is 11.9 Å². The maximum absolute atomic E-state index is 12.3. The van der Waals surface area contributed by atoms with Crippen molar-refractivity contribution in [1.29, 1.82) is 0 Å². The first-order valence-corrected chi connectivity index (χ1v) is 7.09. The van der Waals surface area contributed by atoms with E-state index in [-0.39, 0.29) is 24.2 Å². The van der Waals surface area contributed by atoms with Crippen LogP contribution in [0.2, 0.25) is 0 Å². The number of hydrogen-bond acceptors (Lipinski definition) is 4. The molecule has 0 aliphatic carbocycles. The molecule has 3 amide bonds. The third-order valence-corrected chi connectivity index (χ3v) is 3.95. The van der Waals surface area contributed by atoms with Gasteiger partial charge >= 0.3 is 0 Å². The largest absolute Gasteiger partial charge is 0.384 e. The molecule has 2 heterocycles. The Labute approximate surface area is 122 Å². The minimum atomic E-state index is -0.604. The second-order valence-corrected chi connectivity index (χ2v) is 5.45. The summed E-state index contributed by atoms with van der Waals surface area (Å²) in [6.07, 6.45) is 1.29. The number of benzene rings is 1. The van der Waals surface area contributed by atoms with E-state index in [2.05, 4.69) is 16.0 Å². The molecule has 1 fully saturated rings. The smallest absolute Gasteiger partial charge is 0.249 e. The first-order chi connectivity index (χ1) is 10.1. The third-order valence-electron chi connectivity index (χ3n) is 3.95. The fourth-order valence-corrected chi connectivity index (χ4v) is 2.75. The fraction of sp³-hybridized carbons (Fsp3) is 0.400. The number of carbonyl (C=O) groups excluding carboxylic acids is 3. The van der Waals surface area contributed by atoms with E-state index >= 15 is 0 Å². The number of amides is 3. The maximum atomic E-state index is 12.3. The SMILES string of the molecule is O=C1CCC(NC(=O)C2CNc3ccccc3C2)C(=O)N1. The summed E-state index contributed by atoms with van der Waals surface area (Å²) in [6.45, 7) is 0.552. The fourth-order valence-electron chi connectivity index (χ4n) is 2.75. The van der Waals surface area contributed by atoms with E-state index < -0.39 is 11.9 Å². The number of rotatable bonds is 2. The van der Waals surface area contributed by atoms with Crippen molar-refractivity contribution in [2.24, 2.45) is 5.92 Å². The molecule has 6 nitrogen and oxygen atoms in total. The predicted octanol–water partition coefficient (Wildman–Crippen LogP) is 0.192. The van der Waals surface area contributed by atoms with Crippen molar-refractivity contribution >= 4 is 23.4 Å². The molecule has 0 bridgehead atoms. The van der Waals surface area contributed by atoms with Crippen LogP contribution >= 0.6 is 0 Å². The van der Waals surface area contributed by atoms with Gasteiger partial charge in [0.25, 0.3) is 0 Å². The van der Waals surface area contributed by atoms with Gasteiger partial charge in [-0.15, -0.1) is 0 Å². The summed E-state index contributed by atoms with van der Waals surface area (Å²) in [4.78, 5) is 35.0. The van der Waals surface area contributed by atoms with Gasteiger partial charge in [0.1, 0.15) is 6.04 Å². The van der Waals surface area contributed by atoms with Crippen LogP contribution in [0, 0.1) is 5.92 Å². The van der Waals surface area contributed by atoms with E-state index in [9.17, 15) is 14.4 Å². The molecule has 2 unspecified atom stereocenters. The van der Waals surface area contributed by atoms with E-state index in [4.69, 9.17) is 0 Å². The molecule has 0 saturated carbocycles. The lowest BCUT2D eigenvalue weighted by Gasteiger charge is -2.28. The summed E-state index contributed by atoms with van der Waals surface area (Å²) >= 11 is 0. The Kier molecular flexibility index (Phi) is 3.60. The highest BCUT2D eigenvalue weighted by molar-refractivity contribution is 6.01. The van der Waals surface area contributed by atoms with Crippen molar-refractivity contribution in [3.8, 4) is 0 Å². The molecule has 6 heteroatoms. The summed E-state index contributed by atoms with van der Waals surface area (Å²) in [5, 5.41) is 8.23. The first-order valence-electron chi connectivity index (χ1n) is 7.09. The normalized spacial score (nSPS) is 24.6. The molecule has 110 valence electrons. The zero-order chi connectivity index (χ0) is 14.8.